The minimum absolute atomic E-state index is 0.0184. The first kappa shape index (κ1) is 65.5. The summed E-state index contributed by atoms with van der Waals surface area (Å²) in [6.07, 6.45) is 4.48. The zero-order valence-corrected chi connectivity index (χ0v) is 55.5. The number of nitrogens with zero attached hydrogens (tertiary/aromatic N) is 3. The largest absolute Gasteiger partial charge is 0.432 e. The molecule has 8 fully saturated rings. The molecule has 11 unspecified atom stereocenters. The van der Waals surface area contributed by atoms with Gasteiger partial charge >= 0.3 is 5.97 Å². The van der Waals surface area contributed by atoms with Gasteiger partial charge in [-0.15, -0.1) is 0 Å². The van der Waals surface area contributed by atoms with Crippen LogP contribution in [0.3, 0.4) is 0 Å². The number of carbonyl (C=O) groups is 2. The molecule has 0 aromatic heterocycles. The van der Waals surface area contributed by atoms with Crippen LogP contribution in [0.25, 0.3) is 10.4 Å². The van der Waals surface area contributed by atoms with Gasteiger partial charge in [-0.05, 0) is 158 Å². The van der Waals surface area contributed by atoms with Crippen LogP contribution in [0.1, 0.15) is 164 Å². The van der Waals surface area contributed by atoms with Crippen LogP contribution in [-0.2, 0) is 81.5 Å². The van der Waals surface area contributed by atoms with Gasteiger partial charge in [0.05, 0.1) is 62.8 Å². The maximum absolute atomic E-state index is 16.2. The lowest BCUT2D eigenvalue weighted by Crippen LogP contribution is -2.65. The number of hydrogen-bond donors (Lipinski definition) is 0. The number of ether oxygens (including phenoxy) is 11. The van der Waals surface area contributed by atoms with E-state index in [4.69, 9.17) is 52.1 Å². The zero-order chi connectivity index (χ0) is 63.6. The second-order valence-corrected chi connectivity index (χ2v) is 30.9. The maximum atomic E-state index is 16.2. The van der Waals surface area contributed by atoms with Gasteiger partial charge in [-0.3, -0.25) is 4.79 Å². The van der Waals surface area contributed by atoms with Gasteiger partial charge in [-0.1, -0.05) is 170 Å². The van der Waals surface area contributed by atoms with Crippen LogP contribution < -0.4 is 0 Å². The molecule has 16 heteroatoms. The standard InChI is InChI=1S/C74H101N3O13/c1-45-30-32-70(9)56(71(45,10)44-78)31-33-73(12)57(70)29-28-52-53-38-68(5,6)34-36-74(53,37-35-72(52,73)11)67(79)88-65-60(46(2)58(76-77-75)54(85-65)42-80-39-49-22-16-13-17-23-49)86-66-63-62(89-69(7,8)90-63)61(48(4)84-66)87-64-47(3)59(82-41-51-26-20-15-21-27-51)55(43-83-64)81-40-50-24-18-14-19-25-50/h13-28,44-48,53-66H,29-43H2,1-12H3/t45-,46?,47?,48?,53?,54?,55+,56+,57?,58+,59?,60?,61-,62?,63?,64-,65-,66-,70?,71-,72+,73-,74-/m0/s1. The van der Waals surface area contributed by atoms with Crippen LogP contribution in [-0.4, -0.2) is 105 Å². The van der Waals surface area contributed by atoms with E-state index in [9.17, 15) is 10.3 Å². The predicted octanol–water partition coefficient (Wildman–Crippen LogP) is 14.6. The van der Waals surface area contributed by atoms with Gasteiger partial charge in [-0.2, -0.15) is 0 Å². The Labute approximate surface area is 534 Å². The summed E-state index contributed by atoms with van der Waals surface area (Å²) in [6, 6.07) is 29.3. The fraction of sp³-hybridized carbons (Fsp3) is 0.703. The third kappa shape index (κ3) is 12.0. The molecule has 90 heavy (non-hydrogen) atoms. The summed E-state index contributed by atoms with van der Waals surface area (Å²) in [7, 11) is 0. The highest BCUT2D eigenvalue weighted by Crippen LogP contribution is 2.76. The molecular formula is C74H101N3O13. The highest BCUT2D eigenvalue weighted by atomic mass is 16.8. The number of carbonyl (C=O) groups excluding carboxylic acids is 2. The van der Waals surface area contributed by atoms with Crippen LogP contribution >= 0.6 is 0 Å². The van der Waals surface area contributed by atoms with Gasteiger partial charge in [0.1, 0.15) is 36.8 Å². The monoisotopic (exact) mass is 1240 g/mol. The van der Waals surface area contributed by atoms with Crippen molar-refractivity contribution in [1.82, 2.24) is 0 Å². The van der Waals surface area contributed by atoms with Crippen molar-refractivity contribution in [2.75, 3.05) is 13.2 Å². The Morgan fingerprint density at radius 1 is 0.678 bits per heavy atom. The number of esters is 1. The molecule has 4 saturated carbocycles. The Balaban J connectivity index is 0.822. The first-order valence-corrected chi connectivity index (χ1v) is 33.9. The summed E-state index contributed by atoms with van der Waals surface area (Å²) < 4.78 is 75.2. The second-order valence-electron chi connectivity index (χ2n) is 30.9. The summed E-state index contributed by atoms with van der Waals surface area (Å²) in [5.41, 5.74) is 13.3. The number of hydrogen-bond acceptors (Lipinski definition) is 14. The summed E-state index contributed by atoms with van der Waals surface area (Å²) in [4.78, 5) is 32.7. The van der Waals surface area contributed by atoms with Crippen molar-refractivity contribution >= 4 is 12.3 Å². The molecule has 5 aliphatic carbocycles. The average molecular weight is 1240 g/mol. The van der Waals surface area contributed by atoms with Crippen LogP contribution in [0.2, 0.25) is 0 Å². The fourth-order valence-electron chi connectivity index (χ4n) is 19.1. The predicted molar refractivity (Wildman–Crippen MR) is 338 cm³/mol. The molecule has 4 saturated heterocycles. The first-order valence-electron chi connectivity index (χ1n) is 33.9. The highest BCUT2D eigenvalue weighted by molar-refractivity contribution is 5.79. The summed E-state index contributed by atoms with van der Waals surface area (Å²) in [5.74, 6) is -1.21. The lowest BCUT2D eigenvalue weighted by Gasteiger charge is -2.71. The van der Waals surface area contributed by atoms with Crippen molar-refractivity contribution in [1.29, 1.82) is 0 Å². The third-order valence-corrected chi connectivity index (χ3v) is 24.8. The van der Waals surface area contributed by atoms with Crippen molar-refractivity contribution < 1.29 is 61.7 Å². The van der Waals surface area contributed by atoms with Crippen molar-refractivity contribution in [3.05, 3.63) is 130 Å². The summed E-state index contributed by atoms with van der Waals surface area (Å²) >= 11 is 0. The van der Waals surface area contributed by atoms with Gasteiger partial charge in [0.25, 0.3) is 0 Å². The molecule has 4 heterocycles. The maximum Gasteiger partial charge on any atom is 0.315 e. The minimum Gasteiger partial charge on any atom is -0.432 e. The third-order valence-electron chi connectivity index (χ3n) is 24.8. The summed E-state index contributed by atoms with van der Waals surface area (Å²) in [6.45, 7) is 27.9. The molecule has 4 aliphatic heterocycles. The number of benzene rings is 3. The van der Waals surface area contributed by atoms with Crippen LogP contribution in [0.4, 0.5) is 0 Å². The smallest absolute Gasteiger partial charge is 0.315 e. The number of fused-ring (bicyclic) bond motifs is 8. The van der Waals surface area contributed by atoms with E-state index in [0.717, 1.165) is 68.1 Å². The van der Waals surface area contributed by atoms with Gasteiger partial charge in [0.15, 0.2) is 18.4 Å². The Hall–Kier alpha value is -4.55. The Kier molecular flexibility index (Phi) is 18.7. The van der Waals surface area contributed by atoms with Crippen molar-refractivity contribution in [2.45, 2.75) is 247 Å². The fourth-order valence-corrected chi connectivity index (χ4v) is 19.1. The molecule has 0 radical (unpaired) electrons. The van der Waals surface area contributed by atoms with E-state index in [0.29, 0.717) is 50.4 Å². The molecule has 0 N–H and O–H groups in total. The Morgan fingerprint density at radius 2 is 1.31 bits per heavy atom. The van der Waals surface area contributed by atoms with E-state index >= 15 is 4.79 Å². The number of allylic oxidation sites excluding steroid dienone is 2. The van der Waals surface area contributed by atoms with Crippen molar-refractivity contribution in [2.24, 2.45) is 73.1 Å². The van der Waals surface area contributed by atoms with Gasteiger partial charge < -0.3 is 56.9 Å². The molecular weight excluding hydrogens is 1140 g/mol. The highest BCUT2D eigenvalue weighted by Gasteiger charge is 2.70. The molecule has 490 valence electrons. The summed E-state index contributed by atoms with van der Waals surface area (Å²) in [5, 5.41) is 4.38. The lowest BCUT2D eigenvalue weighted by atomic mass is 9.33. The molecule has 12 rings (SSSR count). The average Bonchev–Trinajstić information content (AvgIpc) is 0.726. The Morgan fingerprint density at radius 3 is 1.98 bits per heavy atom. The van der Waals surface area contributed by atoms with E-state index in [1.165, 1.54) is 11.9 Å². The van der Waals surface area contributed by atoms with E-state index in [-0.39, 0.29) is 70.3 Å². The van der Waals surface area contributed by atoms with Gasteiger partial charge in [0, 0.05) is 16.2 Å². The number of aldehydes is 1. The molecule has 9 aliphatic rings. The number of rotatable bonds is 18. The molecule has 0 spiro atoms. The van der Waals surface area contributed by atoms with Crippen LogP contribution in [0.15, 0.2) is 108 Å². The molecule has 0 amide bonds. The van der Waals surface area contributed by atoms with Crippen molar-refractivity contribution in [3.63, 3.8) is 0 Å². The van der Waals surface area contributed by atoms with E-state index in [1.807, 2.05) is 107 Å². The van der Waals surface area contributed by atoms with Gasteiger partial charge in [0.2, 0.25) is 6.29 Å². The number of azide groups is 1. The first-order chi connectivity index (χ1) is 43.0. The zero-order valence-electron chi connectivity index (χ0n) is 55.5. The second kappa shape index (κ2) is 25.6. The van der Waals surface area contributed by atoms with Crippen LogP contribution in [0, 0.1) is 68.0 Å². The normalized spacial score (nSPS) is 43.4. The van der Waals surface area contributed by atoms with Gasteiger partial charge in [-0.25, -0.2) is 0 Å². The van der Waals surface area contributed by atoms with E-state index in [2.05, 4.69) is 83.6 Å². The lowest BCUT2D eigenvalue weighted by molar-refractivity contribution is -0.353. The van der Waals surface area contributed by atoms with E-state index < -0.39 is 78.7 Å². The SMILES string of the molecule is CC1C(OCc2ccccc2)[C@H](OCc2ccccc2)CO[C@H]1O[C@H]1C(C)O[C@@H](OC2C(C)[C@@H](N=[N+]=[N-])C(COCc3ccccc3)O[C@H]2OC(=O)[C@]23CCC(C)(C)CC2C2=CCC4C5(C)CC[C@H](C)[C@](C)(C=O)[C@@H]5CC[C@]4(C)[C@]2(C)CC3)C2OC(C)(C)OC21. The van der Waals surface area contributed by atoms with Crippen molar-refractivity contribution in [3.8, 4) is 0 Å². The topological polar surface area (TPSA) is 184 Å². The quantitative estimate of drug-likeness (QED) is 0.0293. The molecule has 16 nitrogen and oxygen atoms in total. The molecule has 0 bridgehead atoms. The molecule has 23 atom stereocenters. The van der Waals surface area contributed by atoms with E-state index in [1.54, 1.807) is 0 Å². The minimum atomic E-state index is -1.26. The van der Waals surface area contributed by atoms with Crippen LogP contribution in [0.5, 0.6) is 0 Å². The Bertz CT molecular complexity index is 3070. The molecule has 3 aromatic carbocycles. The molecule has 3 aromatic rings.